The van der Waals surface area contributed by atoms with Gasteiger partial charge in [-0.3, -0.25) is 4.79 Å². The summed E-state index contributed by atoms with van der Waals surface area (Å²) in [6.45, 7) is 0.231. The molecule has 0 radical (unpaired) electrons. The zero-order valence-electron chi connectivity index (χ0n) is 4.66. The van der Waals surface area contributed by atoms with Crippen molar-refractivity contribution in [3.8, 4) is 0 Å². The summed E-state index contributed by atoms with van der Waals surface area (Å²) in [5.41, 5.74) is 4.85. The van der Waals surface area contributed by atoms with Crippen LogP contribution in [0.1, 0.15) is 6.42 Å². The summed E-state index contributed by atoms with van der Waals surface area (Å²) in [6, 6.07) is 0. The Kier molecular flexibility index (Phi) is 11.8. The molecule has 0 saturated carbocycles. The quantitative estimate of drug-likeness (QED) is 0.495. The summed E-state index contributed by atoms with van der Waals surface area (Å²) in [4.78, 5) is 25.8. The lowest BCUT2D eigenvalue weighted by Crippen LogP contribution is -2.05. The minimum Gasteiger partial charge on any atom is -0.481 e. The molecule has 0 bridgehead atoms. The predicted octanol–water partition coefficient (Wildman–Crippen LogP) is -1.16. The summed E-state index contributed by atoms with van der Waals surface area (Å²) in [6.07, 6.45) is 0.319. The normalized spacial score (nSPS) is 6.33. The van der Waals surface area contributed by atoms with Crippen molar-refractivity contribution < 1.29 is 19.5 Å². The lowest BCUT2D eigenvalue weighted by molar-refractivity contribution is -0.191. The Morgan fingerprint density at radius 2 is 1.89 bits per heavy atom. The summed E-state index contributed by atoms with van der Waals surface area (Å²) in [5.74, 6) is -0.836. The molecule has 3 N–H and O–H groups in total. The number of carbonyl (C=O) groups excluding carboxylic acids is 2. The molecule has 9 heavy (non-hydrogen) atoms. The Morgan fingerprint density at radius 1 is 1.56 bits per heavy atom. The monoisotopic (exact) mass is 133 g/mol. The number of carboxylic acid groups (broad SMARTS) is 1. The summed E-state index contributed by atoms with van der Waals surface area (Å²) in [5, 5.41) is 7.83. The van der Waals surface area contributed by atoms with Gasteiger partial charge in [-0.2, -0.15) is 9.59 Å². The van der Waals surface area contributed by atoms with E-state index in [0.717, 1.165) is 0 Å². The van der Waals surface area contributed by atoms with Gasteiger partial charge < -0.3 is 10.8 Å². The third-order valence-corrected chi connectivity index (χ3v) is 0.358. The maximum absolute atomic E-state index is 9.52. The van der Waals surface area contributed by atoms with Crippen LogP contribution in [0.25, 0.3) is 0 Å². The first-order valence-electron chi connectivity index (χ1n) is 2.10. The van der Waals surface area contributed by atoms with Crippen molar-refractivity contribution in [2.75, 3.05) is 6.54 Å². The van der Waals surface area contributed by atoms with Crippen molar-refractivity contribution in [1.82, 2.24) is 0 Å². The molecular weight excluding hydrogens is 126 g/mol. The van der Waals surface area contributed by atoms with E-state index in [2.05, 4.69) is 0 Å². The van der Waals surface area contributed by atoms with E-state index >= 15 is 0 Å². The minimum atomic E-state index is -0.836. The molecule has 0 amide bonds. The Balaban J connectivity index is 0. The van der Waals surface area contributed by atoms with Gasteiger partial charge in [-0.15, -0.1) is 0 Å². The van der Waals surface area contributed by atoms with Crippen molar-refractivity contribution in [3.63, 3.8) is 0 Å². The van der Waals surface area contributed by atoms with Crippen LogP contribution in [0, 0.1) is 0 Å². The highest BCUT2D eigenvalue weighted by Gasteiger charge is 1.87. The molecule has 0 atom stereocenters. The second-order valence-electron chi connectivity index (χ2n) is 1.02. The number of nitrogens with two attached hydrogens (primary N) is 1. The second kappa shape index (κ2) is 9.94. The molecule has 0 unspecified atom stereocenters. The lowest BCUT2D eigenvalue weighted by Gasteiger charge is -1.80. The SMILES string of the molecule is NCCC(=O)O.O=C=O. The molecule has 0 fully saturated rings. The van der Waals surface area contributed by atoms with Crippen molar-refractivity contribution >= 4 is 12.1 Å². The molecule has 5 heteroatoms. The molecule has 0 aromatic heterocycles. The smallest absolute Gasteiger partial charge is 0.373 e. The average molecular weight is 133 g/mol. The van der Waals surface area contributed by atoms with Gasteiger partial charge in [0.2, 0.25) is 0 Å². The minimum absolute atomic E-state index is 0.0694. The Bertz CT molecular complexity index is 105. The fourth-order valence-corrected chi connectivity index (χ4v) is 0.123. The number of hydrogen-bond donors (Lipinski definition) is 2. The lowest BCUT2D eigenvalue weighted by atomic mass is 10.5. The van der Waals surface area contributed by atoms with E-state index in [1.54, 1.807) is 0 Å². The fourth-order valence-electron chi connectivity index (χ4n) is 0.123. The molecule has 0 aliphatic heterocycles. The van der Waals surface area contributed by atoms with Crippen LogP contribution in [0.2, 0.25) is 0 Å². The standard InChI is InChI=1S/C3H7NO2.CO2/c4-2-1-3(5)6;2-1-3/h1-2,4H2,(H,5,6);. The van der Waals surface area contributed by atoms with Crippen molar-refractivity contribution in [1.29, 1.82) is 0 Å². The summed E-state index contributed by atoms with van der Waals surface area (Å²) >= 11 is 0. The van der Waals surface area contributed by atoms with E-state index in [0.29, 0.717) is 0 Å². The zero-order chi connectivity index (χ0) is 7.70. The average Bonchev–Trinajstić information content (AvgIpc) is 1.67. The van der Waals surface area contributed by atoms with E-state index in [1.807, 2.05) is 0 Å². The van der Waals surface area contributed by atoms with Gasteiger partial charge in [-0.05, 0) is 0 Å². The summed E-state index contributed by atoms with van der Waals surface area (Å²) < 4.78 is 0. The highest BCUT2D eigenvalue weighted by atomic mass is 16.4. The van der Waals surface area contributed by atoms with Crippen LogP contribution in [-0.2, 0) is 14.4 Å². The predicted molar refractivity (Wildman–Crippen MR) is 26.3 cm³/mol. The molecule has 52 valence electrons. The fraction of sp³-hybridized carbons (Fsp3) is 0.500. The molecular formula is C4H7NO4. The number of rotatable bonds is 2. The van der Waals surface area contributed by atoms with Crippen LogP contribution >= 0.6 is 0 Å². The summed E-state index contributed by atoms with van der Waals surface area (Å²) in [7, 11) is 0. The van der Waals surface area contributed by atoms with Gasteiger partial charge in [0.05, 0.1) is 6.42 Å². The van der Waals surface area contributed by atoms with Gasteiger partial charge in [0, 0.05) is 6.54 Å². The zero-order valence-corrected chi connectivity index (χ0v) is 4.66. The van der Waals surface area contributed by atoms with Crippen LogP contribution < -0.4 is 5.73 Å². The van der Waals surface area contributed by atoms with Crippen molar-refractivity contribution in [3.05, 3.63) is 0 Å². The van der Waals surface area contributed by atoms with Crippen LogP contribution in [0.3, 0.4) is 0 Å². The number of carboxylic acids is 1. The van der Waals surface area contributed by atoms with Gasteiger partial charge in [-0.25, -0.2) is 0 Å². The first kappa shape index (κ1) is 10.7. The first-order chi connectivity index (χ1) is 4.18. The molecule has 0 rings (SSSR count). The van der Waals surface area contributed by atoms with E-state index in [-0.39, 0.29) is 19.1 Å². The highest BCUT2D eigenvalue weighted by Crippen LogP contribution is 1.67. The topological polar surface area (TPSA) is 97.5 Å². The molecule has 0 heterocycles. The van der Waals surface area contributed by atoms with Gasteiger partial charge in [0.25, 0.3) is 0 Å². The van der Waals surface area contributed by atoms with Crippen LogP contribution in [0.15, 0.2) is 0 Å². The Labute approximate surface area is 51.5 Å². The van der Waals surface area contributed by atoms with Crippen molar-refractivity contribution in [2.45, 2.75) is 6.42 Å². The third-order valence-electron chi connectivity index (χ3n) is 0.358. The third kappa shape index (κ3) is 48.1. The van der Waals surface area contributed by atoms with Crippen molar-refractivity contribution in [2.24, 2.45) is 5.73 Å². The van der Waals surface area contributed by atoms with Crippen LogP contribution in [-0.4, -0.2) is 23.8 Å². The van der Waals surface area contributed by atoms with Gasteiger partial charge in [0.15, 0.2) is 0 Å². The van der Waals surface area contributed by atoms with E-state index in [9.17, 15) is 4.79 Å². The molecule has 0 spiro atoms. The molecule has 0 aliphatic rings. The van der Waals surface area contributed by atoms with Crippen LogP contribution in [0.4, 0.5) is 0 Å². The number of aliphatic carboxylic acids is 1. The van der Waals surface area contributed by atoms with Crippen LogP contribution in [0.5, 0.6) is 0 Å². The molecule has 0 aromatic carbocycles. The number of carbonyl (C=O) groups is 1. The highest BCUT2D eigenvalue weighted by molar-refractivity contribution is 5.66. The maximum Gasteiger partial charge on any atom is 0.373 e. The van der Waals surface area contributed by atoms with E-state index in [1.165, 1.54) is 0 Å². The first-order valence-corrected chi connectivity index (χ1v) is 2.10. The van der Waals surface area contributed by atoms with Gasteiger partial charge in [0.1, 0.15) is 0 Å². The maximum atomic E-state index is 9.52. The molecule has 0 saturated heterocycles. The largest absolute Gasteiger partial charge is 0.481 e. The molecule has 0 aromatic rings. The van der Waals surface area contributed by atoms with Gasteiger partial charge >= 0.3 is 12.1 Å². The Hall–Kier alpha value is -1.19. The second-order valence-corrected chi connectivity index (χ2v) is 1.02. The van der Waals surface area contributed by atoms with E-state index in [4.69, 9.17) is 20.4 Å². The van der Waals surface area contributed by atoms with Gasteiger partial charge in [-0.1, -0.05) is 0 Å². The van der Waals surface area contributed by atoms with E-state index < -0.39 is 5.97 Å². The Morgan fingerprint density at radius 3 is 1.89 bits per heavy atom. The molecule has 5 nitrogen and oxygen atoms in total. The molecule has 0 aliphatic carbocycles. The number of hydrogen-bond acceptors (Lipinski definition) is 4.